The summed E-state index contributed by atoms with van der Waals surface area (Å²) in [6, 6.07) is 7.90. The summed E-state index contributed by atoms with van der Waals surface area (Å²) in [6.45, 7) is 6.47. The maximum absolute atomic E-state index is 12.1. The van der Waals surface area contributed by atoms with Gasteiger partial charge in [-0.3, -0.25) is 9.59 Å². The number of rotatable bonds is 5. The van der Waals surface area contributed by atoms with Crippen molar-refractivity contribution >= 4 is 29.3 Å². The third-order valence-corrected chi connectivity index (χ3v) is 4.53. The Morgan fingerprint density at radius 3 is 2.73 bits per heavy atom. The molecule has 0 spiro atoms. The highest BCUT2D eigenvalue weighted by Gasteiger charge is 2.22. The van der Waals surface area contributed by atoms with Gasteiger partial charge in [0, 0.05) is 31.4 Å². The zero-order valence-corrected chi connectivity index (χ0v) is 13.9. The molecular formula is C16H23N3O2S. The molecule has 1 unspecified atom stereocenters. The maximum atomic E-state index is 12.1. The Morgan fingerprint density at radius 1 is 1.32 bits per heavy atom. The lowest BCUT2D eigenvalue weighted by Crippen LogP contribution is -2.52. The third kappa shape index (κ3) is 5.03. The van der Waals surface area contributed by atoms with Gasteiger partial charge >= 0.3 is 0 Å². The summed E-state index contributed by atoms with van der Waals surface area (Å²) in [6.07, 6.45) is 0. The van der Waals surface area contributed by atoms with Crippen LogP contribution in [0.2, 0.25) is 0 Å². The molecule has 1 aromatic carbocycles. The van der Waals surface area contributed by atoms with E-state index in [0.29, 0.717) is 11.5 Å². The van der Waals surface area contributed by atoms with Crippen LogP contribution in [0.15, 0.2) is 24.3 Å². The van der Waals surface area contributed by atoms with Gasteiger partial charge in [-0.1, -0.05) is 17.7 Å². The van der Waals surface area contributed by atoms with Gasteiger partial charge in [-0.25, -0.2) is 0 Å². The summed E-state index contributed by atoms with van der Waals surface area (Å²) in [5, 5.41) is 6.10. The molecule has 1 fully saturated rings. The van der Waals surface area contributed by atoms with Crippen LogP contribution in [0, 0.1) is 6.92 Å². The maximum Gasteiger partial charge on any atom is 0.234 e. The number of nitrogens with zero attached hydrogens (tertiary/aromatic N) is 1. The first kappa shape index (κ1) is 16.8. The number of carbonyl (C=O) groups is 2. The normalized spacial score (nSPS) is 18.1. The Kier molecular flexibility index (Phi) is 6.27. The van der Waals surface area contributed by atoms with Crippen LogP contribution in [0.4, 0.5) is 5.69 Å². The van der Waals surface area contributed by atoms with Crippen LogP contribution in [-0.2, 0) is 9.59 Å². The fraction of sp³-hybridized carbons (Fsp3) is 0.500. The van der Waals surface area contributed by atoms with Crippen LogP contribution >= 0.6 is 11.8 Å². The van der Waals surface area contributed by atoms with E-state index in [9.17, 15) is 9.59 Å². The quantitative estimate of drug-likeness (QED) is 0.862. The van der Waals surface area contributed by atoms with Crippen LogP contribution in [0.3, 0.4) is 0 Å². The number of piperazine rings is 1. The molecule has 120 valence electrons. The molecule has 0 radical (unpaired) electrons. The molecule has 1 aliphatic rings. The van der Waals surface area contributed by atoms with Crippen LogP contribution in [0.5, 0.6) is 0 Å². The van der Waals surface area contributed by atoms with Crippen molar-refractivity contribution < 1.29 is 9.59 Å². The fourth-order valence-corrected chi connectivity index (χ4v) is 3.06. The predicted octanol–water partition coefficient (Wildman–Crippen LogP) is 1.49. The van der Waals surface area contributed by atoms with Gasteiger partial charge in [-0.05, 0) is 26.0 Å². The Hall–Kier alpha value is -1.53. The van der Waals surface area contributed by atoms with Crippen molar-refractivity contribution in [3.8, 4) is 0 Å². The Labute approximate surface area is 135 Å². The van der Waals surface area contributed by atoms with Crippen molar-refractivity contribution in [2.24, 2.45) is 0 Å². The van der Waals surface area contributed by atoms with Gasteiger partial charge in [-0.15, -0.1) is 11.8 Å². The summed E-state index contributed by atoms with van der Waals surface area (Å²) < 4.78 is 0. The van der Waals surface area contributed by atoms with E-state index in [0.717, 1.165) is 30.9 Å². The standard InChI is InChI=1S/C16H23N3O2S/c1-12-3-5-14(6-4-12)18-15(20)10-22-11-16(21)19-8-7-17-9-13(19)2/h3-6,13,17H,7-11H2,1-2H3,(H,18,20). The summed E-state index contributed by atoms with van der Waals surface area (Å²) in [5.41, 5.74) is 1.95. The molecule has 2 amide bonds. The molecule has 2 rings (SSSR count). The van der Waals surface area contributed by atoms with Crippen molar-refractivity contribution in [1.82, 2.24) is 10.2 Å². The molecule has 2 N–H and O–H groups in total. The molecule has 1 heterocycles. The molecule has 0 aliphatic carbocycles. The average molecular weight is 321 g/mol. The monoisotopic (exact) mass is 321 g/mol. The zero-order chi connectivity index (χ0) is 15.9. The molecule has 5 nitrogen and oxygen atoms in total. The SMILES string of the molecule is Cc1ccc(NC(=O)CSCC(=O)N2CCNCC2C)cc1. The number of hydrogen-bond donors (Lipinski definition) is 2. The lowest BCUT2D eigenvalue weighted by molar-refractivity contribution is -0.131. The van der Waals surface area contributed by atoms with E-state index < -0.39 is 0 Å². The highest BCUT2D eigenvalue weighted by atomic mass is 32.2. The molecule has 1 saturated heterocycles. The third-order valence-electron chi connectivity index (χ3n) is 3.62. The molecule has 0 bridgehead atoms. The number of anilines is 1. The molecule has 0 saturated carbocycles. The van der Waals surface area contributed by atoms with Gasteiger partial charge in [-0.2, -0.15) is 0 Å². The molecule has 0 aromatic heterocycles. The highest BCUT2D eigenvalue weighted by Crippen LogP contribution is 2.11. The van der Waals surface area contributed by atoms with Gasteiger partial charge in [0.15, 0.2) is 0 Å². The predicted molar refractivity (Wildman–Crippen MR) is 91.2 cm³/mol. The topological polar surface area (TPSA) is 61.4 Å². The Morgan fingerprint density at radius 2 is 2.05 bits per heavy atom. The first-order valence-corrected chi connectivity index (χ1v) is 8.66. The van der Waals surface area contributed by atoms with Crippen LogP contribution in [0.1, 0.15) is 12.5 Å². The smallest absolute Gasteiger partial charge is 0.234 e. The molecule has 1 atom stereocenters. The molecular weight excluding hydrogens is 298 g/mol. The lowest BCUT2D eigenvalue weighted by Gasteiger charge is -2.33. The van der Waals surface area contributed by atoms with Crippen LogP contribution in [0.25, 0.3) is 0 Å². The van der Waals surface area contributed by atoms with Crippen LogP contribution in [-0.4, -0.2) is 53.9 Å². The van der Waals surface area contributed by atoms with E-state index in [-0.39, 0.29) is 17.9 Å². The summed E-state index contributed by atoms with van der Waals surface area (Å²) >= 11 is 1.36. The number of amides is 2. The van der Waals surface area contributed by atoms with E-state index >= 15 is 0 Å². The van der Waals surface area contributed by atoms with Crippen molar-refractivity contribution in [3.05, 3.63) is 29.8 Å². The van der Waals surface area contributed by atoms with Crippen molar-refractivity contribution in [2.75, 3.05) is 36.5 Å². The van der Waals surface area contributed by atoms with Gasteiger partial charge < -0.3 is 15.5 Å². The highest BCUT2D eigenvalue weighted by molar-refractivity contribution is 8.00. The number of carbonyl (C=O) groups excluding carboxylic acids is 2. The van der Waals surface area contributed by atoms with E-state index in [1.807, 2.05) is 43.0 Å². The molecule has 1 aliphatic heterocycles. The van der Waals surface area contributed by atoms with E-state index in [1.165, 1.54) is 11.8 Å². The number of hydrogen-bond acceptors (Lipinski definition) is 4. The Bertz CT molecular complexity index is 519. The summed E-state index contributed by atoms with van der Waals surface area (Å²) in [4.78, 5) is 25.9. The number of aryl methyl sites for hydroxylation is 1. The van der Waals surface area contributed by atoms with E-state index in [2.05, 4.69) is 10.6 Å². The second-order valence-electron chi connectivity index (χ2n) is 5.55. The van der Waals surface area contributed by atoms with E-state index in [1.54, 1.807) is 0 Å². The van der Waals surface area contributed by atoms with Crippen molar-refractivity contribution in [3.63, 3.8) is 0 Å². The van der Waals surface area contributed by atoms with Gasteiger partial charge in [0.05, 0.1) is 11.5 Å². The minimum Gasteiger partial charge on any atom is -0.337 e. The second kappa shape index (κ2) is 8.19. The zero-order valence-electron chi connectivity index (χ0n) is 13.1. The number of thioether (sulfide) groups is 1. The van der Waals surface area contributed by atoms with Crippen LogP contribution < -0.4 is 10.6 Å². The number of benzene rings is 1. The minimum absolute atomic E-state index is 0.0741. The molecule has 6 heteroatoms. The molecule has 1 aromatic rings. The molecule has 22 heavy (non-hydrogen) atoms. The summed E-state index contributed by atoms with van der Waals surface area (Å²) in [5.74, 6) is 0.684. The minimum atomic E-state index is -0.0741. The van der Waals surface area contributed by atoms with E-state index in [4.69, 9.17) is 0 Å². The number of nitrogens with one attached hydrogen (secondary N) is 2. The van der Waals surface area contributed by atoms with Gasteiger partial charge in [0.2, 0.25) is 11.8 Å². The average Bonchev–Trinajstić information content (AvgIpc) is 2.50. The van der Waals surface area contributed by atoms with Gasteiger partial charge in [0.1, 0.15) is 0 Å². The Balaban J connectivity index is 1.70. The second-order valence-corrected chi connectivity index (χ2v) is 6.53. The first-order chi connectivity index (χ1) is 10.6. The van der Waals surface area contributed by atoms with Gasteiger partial charge in [0.25, 0.3) is 0 Å². The lowest BCUT2D eigenvalue weighted by atomic mass is 10.2. The first-order valence-electron chi connectivity index (χ1n) is 7.50. The van der Waals surface area contributed by atoms with Crippen molar-refractivity contribution in [1.29, 1.82) is 0 Å². The largest absolute Gasteiger partial charge is 0.337 e. The van der Waals surface area contributed by atoms with Crippen molar-refractivity contribution in [2.45, 2.75) is 19.9 Å². The summed E-state index contributed by atoms with van der Waals surface area (Å²) in [7, 11) is 0. The fourth-order valence-electron chi connectivity index (χ4n) is 2.36.